The smallest absolute Gasteiger partial charge is 0.389 e. The number of nitrogens with zero attached hydrogens (tertiary/aromatic N) is 1. The van der Waals surface area contributed by atoms with Crippen LogP contribution in [0.25, 0.3) is 0 Å². The first-order valence-electron chi connectivity index (χ1n) is 7.50. The van der Waals surface area contributed by atoms with Gasteiger partial charge in [0.2, 0.25) is 0 Å². The maximum Gasteiger partial charge on any atom is 0.389 e. The Morgan fingerprint density at radius 2 is 2.18 bits per heavy atom. The molecule has 1 aliphatic rings. The maximum absolute atomic E-state index is 12.2. The Morgan fingerprint density at radius 1 is 1.36 bits per heavy atom. The summed E-state index contributed by atoms with van der Waals surface area (Å²) in [5.41, 5.74) is 1.11. The number of halogens is 3. The highest BCUT2D eigenvalue weighted by molar-refractivity contribution is 5.28. The molecule has 6 heteroatoms. The Hall–Kier alpha value is -1.27. The second-order valence-electron chi connectivity index (χ2n) is 5.57. The molecule has 0 aromatic heterocycles. The lowest BCUT2D eigenvalue weighted by Gasteiger charge is -2.33. The van der Waals surface area contributed by atoms with Gasteiger partial charge in [-0.25, -0.2) is 0 Å². The van der Waals surface area contributed by atoms with Crippen LogP contribution in [0.3, 0.4) is 0 Å². The van der Waals surface area contributed by atoms with Crippen LogP contribution in [0.2, 0.25) is 0 Å². The third-order valence-electron chi connectivity index (χ3n) is 3.76. The molecule has 0 unspecified atom stereocenters. The Bertz CT molecular complexity index is 465. The van der Waals surface area contributed by atoms with Gasteiger partial charge in [-0.3, -0.25) is 4.90 Å². The van der Waals surface area contributed by atoms with Gasteiger partial charge in [0.05, 0.1) is 19.8 Å². The molecule has 22 heavy (non-hydrogen) atoms. The number of hydrogen-bond acceptors (Lipinski definition) is 3. The van der Waals surface area contributed by atoms with Crippen LogP contribution >= 0.6 is 0 Å². The second kappa shape index (κ2) is 7.83. The number of rotatable bonds is 6. The van der Waals surface area contributed by atoms with Crippen LogP contribution in [0.4, 0.5) is 13.2 Å². The molecule has 124 valence electrons. The van der Waals surface area contributed by atoms with E-state index in [2.05, 4.69) is 4.90 Å². The van der Waals surface area contributed by atoms with Crippen molar-refractivity contribution in [1.29, 1.82) is 0 Å². The molecule has 3 nitrogen and oxygen atoms in total. The van der Waals surface area contributed by atoms with Crippen molar-refractivity contribution in [2.24, 2.45) is 0 Å². The zero-order valence-electron chi connectivity index (χ0n) is 12.7. The van der Waals surface area contributed by atoms with E-state index < -0.39 is 12.6 Å². The van der Waals surface area contributed by atoms with Crippen molar-refractivity contribution in [3.63, 3.8) is 0 Å². The fourth-order valence-electron chi connectivity index (χ4n) is 2.67. The number of hydrogen-bond donors (Lipinski definition) is 0. The minimum absolute atomic E-state index is 0.0201. The summed E-state index contributed by atoms with van der Waals surface area (Å²) in [6, 6.07) is 7.78. The van der Waals surface area contributed by atoms with Crippen molar-refractivity contribution in [3.05, 3.63) is 29.8 Å². The molecule has 0 radical (unpaired) electrons. The van der Waals surface area contributed by atoms with Gasteiger partial charge in [0.1, 0.15) is 5.75 Å². The lowest BCUT2D eigenvalue weighted by molar-refractivity contribution is -0.137. The van der Waals surface area contributed by atoms with Crippen molar-refractivity contribution in [2.45, 2.75) is 31.5 Å². The van der Waals surface area contributed by atoms with Crippen LogP contribution in [0.5, 0.6) is 5.75 Å². The SMILES string of the molecule is COc1cccc(C[C@H]2CN(CCCC(F)(F)F)CCO2)c1. The minimum Gasteiger partial charge on any atom is -0.497 e. The van der Waals surface area contributed by atoms with E-state index >= 15 is 0 Å². The molecule has 0 saturated carbocycles. The Morgan fingerprint density at radius 3 is 2.91 bits per heavy atom. The van der Waals surface area contributed by atoms with Crippen LogP contribution in [-0.2, 0) is 11.2 Å². The van der Waals surface area contributed by atoms with E-state index in [0.29, 0.717) is 26.2 Å². The van der Waals surface area contributed by atoms with E-state index in [0.717, 1.165) is 17.7 Å². The molecule has 1 heterocycles. The summed E-state index contributed by atoms with van der Waals surface area (Å²) in [5.74, 6) is 0.801. The lowest BCUT2D eigenvalue weighted by Crippen LogP contribution is -2.43. The zero-order chi connectivity index (χ0) is 16.0. The van der Waals surface area contributed by atoms with Crippen LogP contribution in [0.15, 0.2) is 24.3 Å². The summed E-state index contributed by atoms with van der Waals surface area (Å²) < 4.78 is 47.5. The van der Waals surface area contributed by atoms with E-state index in [1.165, 1.54) is 0 Å². The summed E-state index contributed by atoms with van der Waals surface area (Å²) >= 11 is 0. The monoisotopic (exact) mass is 317 g/mol. The van der Waals surface area contributed by atoms with Crippen LogP contribution in [-0.4, -0.2) is 50.5 Å². The highest BCUT2D eigenvalue weighted by Gasteiger charge is 2.27. The third-order valence-corrected chi connectivity index (χ3v) is 3.76. The topological polar surface area (TPSA) is 21.7 Å². The maximum atomic E-state index is 12.2. The summed E-state index contributed by atoms with van der Waals surface area (Å²) in [5, 5.41) is 0. The van der Waals surface area contributed by atoms with Crippen molar-refractivity contribution < 1.29 is 22.6 Å². The molecule has 0 N–H and O–H groups in total. The molecule has 0 spiro atoms. The molecule has 0 aliphatic carbocycles. The first-order chi connectivity index (χ1) is 10.5. The molecule has 1 aromatic rings. The van der Waals surface area contributed by atoms with Gasteiger partial charge in [-0.1, -0.05) is 12.1 Å². The molecular formula is C16H22F3NO2. The quantitative estimate of drug-likeness (QED) is 0.804. The van der Waals surface area contributed by atoms with Gasteiger partial charge in [-0.05, 0) is 30.7 Å². The number of alkyl halides is 3. The molecule has 1 aromatic carbocycles. The van der Waals surface area contributed by atoms with Crippen LogP contribution in [0, 0.1) is 0 Å². The van der Waals surface area contributed by atoms with Crippen molar-refractivity contribution >= 4 is 0 Å². The van der Waals surface area contributed by atoms with Crippen molar-refractivity contribution in [2.75, 3.05) is 33.4 Å². The summed E-state index contributed by atoms with van der Waals surface area (Å²) in [6.07, 6.45) is -3.87. The van der Waals surface area contributed by atoms with E-state index in [1.54, 1.807) is 7.11 Å². The lowest BCUT2D eigenvalue weighted by atomic mass is 10.1. The predicted octanol–water partition coefficient (Wildman–Crippen LogP) is 3.28. The normalized spacial score (nSPS) is 20.1. The fraction of sp³-hybridized carbons (Fsp3) is 0.625. The first kappa shape index (κ1) is 17.1. The number of morpholine rings is 1. The molecule has 1 aliphatic heterocycles. The van der Waals surface area contributed by atoms with Crippen molar-refractivity contribution in [1.82, 2.24) is 4.90 Å². The Kier molecular flexibility index (Phi) is 6.08. The van der Waals surface area contributed by atoms with Gasteiger partial charge < -0.3 is 9.47 Å². The number of methoxy groups -OCH3 is 1. The van der Waals surface area contributed by atoms with Gasteiger partial charge in [0, 0.05) is 25.9 Å². The van der Waals surface area contributed by atoms with Crippen molar-refractivity contribution in [3.8, 4) is 5.75 Å². The molecule has 1 atom stereocenters. The van der Waals surface area contributed by atoms with Gasteiger partial charge in [0.25, 0.3) is 0 Å². The molecule has 1 saturated heterocycles. The molecule has 0 bridgehead atoms. The molecule has 2 rings (SSSR count). The Balaban J connectivity index is 1.80. The first-order valence-corrected chi connectivity index (χ1v) is 7.50. The molecule has 0 amide bonds. The Labute approximate surface area is 129 Å². The average molecular weight is 317 g/mol. The molecular weight excluding hydrogens is 295 g/mol. The average Bonchev–Trinajstić information content (AvgIpc) is 2.46. The standard InChI is InChI=1S/C16H22F3NO2/c1-21-14-5-2-4-13(10-14)11-15-12-20(8-9-22-15)7-3-6-16(17,18)19/h2,4-5,10,15H,3,6-9,11-12H2,1H3/t15-/m0/s1. The van der Waals surface area contributed by atoms with Crippen LogP contribution in [0.1, 0.15) is 18.4 Å². The summed E-state index contributed by atoms with van der Waals surface area (Å²) in [7, 11) is 1.62. The van der Waals surface area contributed by atoms with Gasteiger partial charge in [-0.15, -0.1) is 0 Å². The largest absolute Gasteiger partial charge is 0.497 e. The van der Waals surface area contributed by atoms with E-state index in [4.69, 9.17) is 9.47 Å². The van der Waals surface area contributed by atoms with Gasteiger partial charge in [0.15, 0.2) is 0 Å². The zero-order valence-corrected chi connectivity index (χ0v) is 12.7. The molecule has 1 fully saturated rings. The minimum atomic E-state index is -4.06. The van der Waals surface area contributed by atoms with Gasteiger partial charge in [-0.2, -0.15) is 13.2 Å². The number of benzene rings is 1. The highest BCUT2D eigenvalue weighted by atomic mass is 19.4. The third kappa shape index (κ3) is 5.85. The van der Waals surface area contributed by atoms with E-state index in [1.807, 2.05) is 24.3 Å². The highest BCUT2D eigenvalue weighted by Crippen LogP contribution is 2.22. The second-order valence-corrected chi connectivity index (χ2v) is 5.57. The summed E-state index contributed by atoms with van der Waals surface area (Å²) in [6.45, 7) is 2.42. The number of ether oxygens (including phenoxy) is 2. The van der Waals surface area contributed by atoms with Crippen LogP contribution < -0.4 is 4.74 Å². The predicted molar refractivity (Wildman–Crippen MR) is 78.2 cm³/mol. The summed E-state index contributed by atoms with van der Waals surface area (Å²) in [4.78, 5) is 2.06. The van der Waals surface area contributed by atoms with Gasteiger partial charge >= 0.3 is 6.18 Å². The fourth-order valence-corrected chi connectivity index (χ4v) is 2.67. The van der Waals surface area contributed by atoms with E-state index in [-0.39, 0.29) is 12.5 Å². The van der Waals surface area contributed by atoms with E-state index in [9.17, 15) is 13.2 Å².